The Balaban J connectivity index is 0.000000277. The number of carboxylic acids is 2. The Kier molecular flexibility index (Phi) is 4.89. The number of rotatable bonds is 1. The largest absolute Gasteiger partial charge is 0.473 e. The number of para-hydroxylation sites is 1. The zero-order valence-electron chi connectivity index (χ0n) is 11.8. The summed E-state index contributed by atoms with van der Waals surface area (Å²) in [6, 6.07) is 18.4. The van der Waals surface area contributed by atoms with E-state index in [4.69, 9.17) is 24.2 Å². The fourth-order valence-electron chi connectivity index (χ4n) is 1.85. The monoisotopic (exact) mass is 312 g/mol. The van der Waals surface area contributed by atoms with Crippen LogP contribution in [0, 0.1) is 0 Å². The van der Waals surface area contributed by atoms with Crippen LogP contribution in [0.15, 0.2) is 69.9 Å². The second-order valence-corrected chi connectivity index (χ2v) is 4.45. The molecule has 0 aliphatic rings. The number of carboxylic acid groups (broad SMARTS) is 2. The molecule has 1 heterocycles. The topological polar surface area (TPSA) is 105 Å². The van der Waals surface area contributed by atoms with E-state index in [-0.39, 0.29) is 5.43 Å². The fourth-order valence-corrected chi connectivity index (χ4v) is 1.85. The lowest BCUT2D eigenvalue weighted by Crippen LogP contribution is -2.09. The third-order valence-corrected chi connectivity index (χ3v) is 2.88. The van der Waals surface area contributed by atoms with Gasteiger partial charge in [-0.3, -0.25) is 4.79 Å². The summed E-state index contributed by atoms with van der Waals surface area (Å²) in [4.78, 5) is 30.1. The van der Waals surface area contributed by atoms with Gasteiger partial charge in [-0.15, -0.1) is 0 Å². The number of carbonyl (C=O) groups is 2. The molecule has 1 aromatic heterocycles. The van der Waals surface area contributed by atoms with Crippen LogP contribution in [0.4, 0.5) is 0 Å². The van der Waals surface area contributed by atoms with Crippen molar-refractivity contribution >= 4 is 22.9 Å². The molecule has 116 valence electrons. The van der Waals surface area contributed by atoms with Crippen molar-refractivity contribution in [2.24, 2.45) is 0 Å². The zero-order valence-corrected chi connectivity index (χ0v) is 11.8. The van der Waals surface area contributed by atoms with E-state index in [2.05, 4.69) is 0 Å². The third kappa shape index (κ3) is 4.04. The smallest absolute Gasteiger partial charge is 0.414 e. The summed E-state index contributed by atoms with van der Waals surface area (Å²) in [6.07, 6.45) is 0. The lowest BCUT2D eigenvalue weighted by molar-refractivity contribution is -0.159. The Morgan fingerprint density at radius 2 is 1.39 bits per heavy atom. The predicted molar refractivity (Wildman–Crippen MR) is 83.2 cm³/mol. The van der Waals surface area contributed by atoms with Crippen LogP contribution in [0.3, 0.4) is 0 Å². The quantitative estimate of drug-likeness (QED) is 0.669. The maximum Gasteiger partial charge on any atom is 0.414 e. The highest BCUT2D eigenvalue weighted by Crippen LogP contribution is 2.21. The molecule has 3 rings (SSSR count). The number of hydrogen-bond acceptors (Lipinski definition) is 4. The van der Waals surface area contributed by atoms with Gasteiger partial charge in [-0.1, -0.05) is 42.5 Å². The van der Waals surface area contributed by atoms with Crippen molar-refractivity contribution in [3.63, 3.8) is 0 Å². The van der Waals surface area contributed by atoms with Crippen LogP contribution in [0.5, 0.6) is 0 Å². The first kappa shape index (κ1) is 16.0. The summed E-state index contributed by atoms with van der Waals surface area (Å²) in [5.74, 6) is -3.04. The highest BCUT2D eigenvalue weighted by molar-refractivity contribution is 6.27. The van der Waals surface area contributed by atoms with E-state index in [0.29, 0.717) is 16.7 Å². The highest BCUT2D eigenvalue weighted by Gasteiger charge is 2.05. The minimum absolute atomic E-state index is 0.00861. The van der Waals surface area contributed by atoms with Gasteiger partial charge in [0, 0.05) is 11.6 Å². The molecule has 0 radical (unpaired) electrons. The van der Waals surface area contributed by atoms with Crippen LogP contribution in [0.2, 0.25) is 0 Å². The molecule has 0 unspecified atom stereocenters. The van der Waals surface area contributed by atoms with E-state index in [1.165, 1.54) is 6.07 Å². The molecule has 0 saturated carbocycles. The number of hydrogen-bond donors (Lipinski definition) is 2. The summed E-state index contributed by atoms with van der Waals surface area (Å²) in [7, 11) is 0. The van der Waals surface area contributed by atoms with E-state index >= 15 is 0 Å². The molecule has 6 heteroatoms. The van der Waals surface area contributed by atoms with Crippen molar-refractivity contribution in [2.75, 3.05) is 0 Å². The average Bonchev–Trinajstić information content (AvgIpc) is 2.56. The van der Waals surface area contributed by atoms with Crippen LogP contribution in [-0.2, 0) is 9.59 Å². The van der Waals surface area contributed by atoms with Gasteiger partial charge in [0.1, 0.15) is 11.3 Å². The molecule has 6 nitrogen and oxygen atoms in total. The summed E-state index contributed by atoms with van der Waals surface area (Å²) in [5, 5.41) is 15.4. The molecule has 23 heavy (non-hydrogen) atoms. The van der Waals surface area contributed by atoms with Crippen LogP contribution in [0.1, 0.15) is 0 Å². The van der Waals surface area contributed by atoms with Gasteiger partial charge in [0.2, 0.25) is 0 Å². The van der Waals surface area contributed by atoms with Gasteiger partial charge in [0.25, 0.3) is 0 Å². The second kappa shape index (κ2) is 7.04. The fraction of sp³-hybridized carbons (Fsp3) is 0. The molecule has 0 fully saturated rings. The van der Waals surface area contributed by atoms with Gasteiger partial charge in [-0.25, -0.2) is 9.59 Å². The van der Waals surface area contributed by atoms with Crippen molar-refractivity contribution in [1.82, 2.24) is 0 Å². The first-order valence-electron chi connectivity index (χ1n) is 6.53. The Hall–Kier alpha value is -3.41. The Bertz CT molecular complexity index is 884. The summed E-state index contributed by atoms with van der Waals surface area (Å²) in [6.45, 7) is 0. The second-order valence-electron chi connectivity index (χ2n) is 4.45. The Morgan fingerprint density at radius 3 is 2.00 bits per heavy atom. The molecule has 0 saturated heterocycles. The molecule has 0 atom stereocenters. The highest BCUT2D eigenvalue weighted by atomic mass is 16.4. The zero-order chi connectivity index (χ0) is 16.8. The average molecular weight is 312 g/mol. The van der Waals surface area contributed by atoms with Crippen LogP contribution < -0.4 is 5.43 Å². The lowest BCUT2D eigenvalue weighted by atomic mass is 10.1. The molecule has 0 spiro atoms. The number of fused-ring (bicyclic) bond motifs is 1. The minimum atomic E-state index is -1.82. The van der Waals surface area contributed by atoms with E-state index in [1.807, 2.05) is 48.5 Å². The molecular formula is C17H12O6. The SMILES string of the molecule is O=C(O)C(=O)O.O=c1cc(-c2ccccc2)oc2ccccc12. The van der Waals surface area contributed by atoms with Gasteiger partial charge in [-0.2, -0.15) is 0 Å². The molecule has 0 aliphatic carbocycles. The van der Waals surface area contributed by atoms with Gasteiger partial charge in [0.05, 0.1) is 5.39 Å². The minimum Gasteiger partial charge on any atom is -0.473 e. The van der Waals surface area contributed by atoms with Gasteiger partial charge >= 0.3 is 11.9 Å². The Morgan fingerprint density at radius 1 is 0.826 bits per heavy atom. The summed E-state index contributed by atoms with van der Waals surface area (Å²) >= 11 is 0. The normalized spacial score (nSPS) is 9.74. The van der Waals surface area contributed by atoms with Crippen molar-refractivity contribution in [3.05, 3.63) is 70.9 Å². The van der Waals surface area contributed by atoms with E-state index in [0.717, 1.165) is 5.56 Å². The van der Waals surface area contributed by atoms with Crippen molar-refractivity contribution in [1.29, 1.82) is 0 Å². The molecule has 0 aliphatic heterocycles. The van der Waals surface area contributed by atoms with Crippen molar-refractivity contribution < 1.29 is 24.2 Å². The van der Waals surface area contributed by atoms with Gasteiger partial charge < -0.3 is 14.6 Å². The van der Waals surface area contributed by atoms with Crippen molar-refractivity contribution in [2.45, 2.75) is 0 Å². The van der Waals surface area contributed by atoms with E-state index < -0.39 is 11.9 Å². The first-order chi connectivity index (χ1) is 11.0. The number of benzene rings is 2. The maximum atomic E-state index is 11.9. The van der Waals surface area contributed by atoms with Crippen LogP contribution >= 0.6 is 0 Å². The van der Waals surface area contributed by atoms with Gasteiger partial charge in [-0.05, 0) is 12.1 Å². The molecule has 0 bridgehead atoms. The summed E-state index contributed by atoms with van der Waals surface area (Å²) in [5.41, 5.74) is 1.53. The third-order valence-electron chi connectivity index (χ3n) is 2.88. The molecule has 2 N–H and O–H groups in total. The Labute approximate surface area is 130 Å². The standard InChI is InChI=1S/C15H10O2.C2H2O4/c16-13-10-15(11-6-2-1-3-7-11)17-14-9-5-4-8-12(13)14;3-1(4)2(5)6/h1-10H;(H,3,4)(H,5,6). The maximum absolute atomic E-state index is 11.9. The van der Waals surface area contributed by atoms with Crippen molar-refractivity contribution in [3.8, 4) is 11.3 Å². The first-order valence-corrected chi connectivity index (χ1v) is 6.53. The molecular weight excluding hydrogens is 300 g/mol. The lowest BCUT2D eigenvalue weighted by Gasteiger charge is -2.02. The molecule has 2 aromatic carbocycles. The van der Waals surface area contributed by atoms with E-state index in [1.54, 1.807) is 6.07 Å². The van der Waals surface area contributed by atoms with Crippen LogP contribution in [0.25, 0.3) is 22.3 Å². The van der Waals surface area contributed by atoms with Crippen LogP contribution in [-0.4, -0.2) is 22.2 Å². The number of aliphatic carboxylic acids is 2. The predicted octanol–water partition coefficient (Wildman–Crippen LogP) is 2.62. The summed E-state index contributed by atoms with van der Waals surface area (Å²) < 4.78 is 5.73. The van der Waals surface area contributed by atoms with E-state index in [9.17, 15) is 4.79 Å². The molecule has 0 amide bonds. The molecule has 3 aromatic rings. The van der Waals surface area contributed by atoms with Gasteiger partial charge in [0.15, 0.2) is 5.43 Å².